The summed E-state index contributed by atoms with van der Waals surface area (Å²) < 4.78 is 5.54. The summed E-state index contributed by atoms with van der Waals surface area (Å²) in [5, 5.41) is 5.73. The van der Waals surface area contributed by atoms with Crippen molar-refractivity contribution in [2.75, 3.05) is 29.9 Å². The average molecular weight is 407 g/mol. The highest BCUT2D eigenvalue weighted by Gasteiger charge is 2.35. The summed E-state index contributed by atoms with van der Waals surface area (Å²) in [4.78, 5) is 39.5. The van der Waals surface area contributed by atoms with Gasteiger partial charge in [0.15, 0.2) is 0 Å². The molecular formula is C23H25N3O4. The van der Waals surface area contributed by atoms with Gasteiger partial charge in [-0.3, -0.25) is 14.4 Å². The molecule has 2 N–H and O–H groups in total. The van der Waals surface area contributed by atoms with Crippen LogP contribution in [0.5, 0.6) is 0 Å². The zero-order valence-electron chi connectivity index (χ0n) is 16.7. The Morgan fingerprint density at radius 2 is 1.83 bits per heavy atom. The molecule has 2 aliphatic rings. The van der Waals surface area contributed by atoms with Gasteiger partial charge in [0.2, 0.25) is 11.8 Å². The molecule has 0 saturated carbocycles. The molecule has 156 valence electrons. The van der Waals surface area contributed by atoms with Gasteiger partial charge in [0.05, 0.1) is 23.3 Å². The highest BCUT2D eigenvalue weighted by molar-refractivity contribution is 6.07. The van der Waals surface area contributed by atoms with Crippen LogP contribution in [-0.4, -0.2) is 43.5 Å². The third-order valence-corrected chi connectivity index (χ3v) is 5.51. The Labute approximate surface area is 175 Å². The largest absolute Gasteiger partial charge is 0.376 e. The number of amides is 3. The van der Waals surface area contributed by atoms with E-state index < -0.39 is 5.92 Å². The smallest absolute Gasteiger partial charge is 0.253 e. The van der Waals surface area contributed by atoms with Gasteiger partial charge in [-0.25, -0.2) is 0 Å². The minimum absolute atomic E-state index is 0.0455. The molecule has 2 atom stereocenters. The summed E-state index contributed by atoms with van der Waals surface area (Å²) in [7, 11) is 0. The van der Waals surface area contributed by atoms with Gasteiger partial charge in [0.25, 0.3) is 5.91 Å². The summed E-state index contributed by atoms with van der Waals surface area (Å²) in [6, 6.07) is 16.2. The van der Waals surface area contributed by atoms with Gasteiger partial charge >= 0.3 is 0 Å². The Hall–Kier alpha value is -3.19. The zero-order chi connectivity index (χ0) is 20.9. The molecule has 7 nitrogen and oxygen atoms in total. The van der Waals surface area contributed by atoms with Crippen molar-refractivity contribution >= 4 is 29.1 Å². The topological polar surface area (TPSA) is 87.7 Å². The normalized spacial score (nSPS) is 20.9. The van der Waals surface area contributed by atoms with Gasteiger partial charge in [-0.05, 0) is 37.1 Å². The van der Waals surface area contributed by atoms with Crippen LogP contribution in [0.25, 0.3) is 0 Å². The lowest BCUT2D eigenvalue weighted by Crippen LogP contribution is -2.33. The van der Waals surface area contributed by atoms with Crippen LogP contribution in [-0.2, 0) is 14.3 Å². The van der Waals surface area contributed by atoms with Crippen molar-refractivity contribution in [3.05, 3.63) is 60.2 Å². The highest BCUT2D eigenvalue weighted by Crippen LogP contribution is 2.26. The van der Waals surface area contributed by atoms with Crippen LogP contribution in [0, 0.1) is 5.92 Å². The molecule has 0 bridgehead atoms. The van der Waals surface area contributed by atoms with Gasteiger partial charge in [0.1, 0.15) is 0 Å². The summed E-state index contributed by atoms with van der Waals surface area (Å²) in [6.07, 6.45) is 2.14. The lowest BCUT2D eigenvalue weighted by Gasteiger charge is -2.17. The molecule has 2 aromatic carbocycles. The van der Waals surface area contributed by atoms with E-state index >= 15 is 0 Å². The summed E-state index contributed by atoms with van der Waals surface area (Å²) in [5.74, 6) is -1.07. The van der Waals surface area contributed by atoms with Crippen LogP contribution in [0.1, 0.15) is 29.6 Å². The Morgan fingerprint density at radius 3 is 2.60 bits per heavy atom. The fraction of sp³-hybridized carbons (Fsp3) is 0.348. The first-order valence-electron chi connectivity index (χ1n) is 10.3. The van der Waals surface area contributed by atoms with E-state index in [0.29, 0.717) is 24.3 Å². The van der Waals surface area contributed by atoms with Crippen molar-refractivity contribution in [2.45, 2.75) is 25.4 Å². The number of rotatable bonds is 6. The fourth-order valence-corrected chi connectivity index (χ4v) is 3.87. The van der Waals surface area contributed by atoms with E-state index in [1.54, 1.807) is 29.2 Å². The third-order valence-electron chi connectivity index (χ3n) is 5.51. The second kappa shape index (κ2) is 9.09. The first kappa shape index (κ1) is 20.1. The van der Waals surface area contributed by atoms with Crippen LogP contribution >= 0.6 is 0 Å². The van der Waals surface area contributed by atoms with Crippen LogP contribution in [0.15, 0.2) is 54.6 Å². The first-order chi connectivity index (χ1) is 14.6. The van der Waals surface area contributed by atoms with Gasteiger partial charge in [-0.1, -0.05) is 30.3 Å². The second-order valence-corrected chi connectivity index (χ2v) is 7.62. The van der Waals surface area contributed by atoms with Crippen molar-refractivity contribution in [1.82, 2.24) is 5.32 Å². The van der Waals surface area contributed by atoms with Crippen molar-refractivity contribution in [3.8, 4) is 0 Å². The van der Waals surface area contributed by atoms with Gasteiger partial charge in [0, 0.05) is 31.8 Å². The number of hydrogen-bond donors (Lipinski definition) is 2. The van der Waals surface area contributed by atoms with Gasteiger partial charge in [-0.15, -0.1) is 0 Å². The molecule has 4 rings (SSSR count). The Morgan fingerprint density at radius 1 is 1.07 bits per heavy atom. The molecule has 2 saturated heterocycles. The van der Waals surface area contributed by atoms with E-state index in [2.05, 4.69) is 10.6 Å². The molecule has 2 aromatic rings. The lowest BCUT2D eigenvalue weighted by atomic mass is 10.1. The summed E-state index contributed by atoms with van der Waals surface area (Å²) >= 11 is 0. The molecule has 2 unspecified atom stereocenters. The minimum atomic E-state index is -0.472. The van der Waals surface area contributed by atoms with E-state index in [-0.39, 0.29) is 30.2 Å². The number of carbonyl (C=O) groups is 3. The van der Waals surface area contributed by atoms with Crippen LogP contribution in [0.2, 0.25) is 0 Å². The quantitative estimate of drug-likeness (QED) is 0.771. The van der Waals surface area contributed by atoms with Crippen LogP contribution in [0.3, 0.4) is 0 Å². The van der Waals surface area contributed by atoms with Crippen molar-refractivity contribution < 1.29 is 19.1 Å². The molecular weight excluding hydrogens is 382 g/mol. The predicted octanol–water partition coefficient (Wildman–Crippen LogP) is 2.59. The molecule has 2 heterocycles. The van der Waals surface area contributed by atoms with Crippen LogP contribution in [0.4, 0.5) is 11.4 Å². The molecule has 3 amide bonds. The monoisotopic (exact) mass is 407 g/mol. The van der Waals surface area contributed by atoms with E-state index in [9.17, 15) is 14.4 Å². The zero-order valence-corrected chi connectivity index (χ0v) is 16.7. The second-order valence-electron chi connectivity index (χ2n) is 7.62. The van der Waals surface area contributed by atoms with Crippen molar-refractivity contribution in [3.63, 3.8) is 0 Å². The molecule has 0 aromatic heterocycles. The molecule has 7 heteroatoms. The number of para-hydroxylation sites is 2. The molecule has 2 fully saturated rings. The van der Waals surface area contributed by atoms with Gasteiger partial charge in [-0.2, -0.15) is 0 Å². The summed E-state index contributed by atoms with van der Waals surface area (Å²) in [5.41, 5.74) is 1.62. The minimum Gasteiger partial charge on any atom is -0.376 e. The standard InChI is InChI=1S/C23H25N3O4/c27-21-13-16(15-26(21)17-7-2-1-3-8-17)22(28)25-20-11-5-4-10-19(20)23(29)24-14-18-9-6-12-30-18/h1-5,7-8,10-11,16,18H,6,9,12-15H2,(H,24,29)(H,25,28). The van der Waals surface area contributed by atoms with Crippen LogP contribution < -0.4 is 15.5 Å². The predicted molar refractivity (Wildman–Crippen MR) is 113 cm³/mol. The number of ether oxygens (including phenoxy) is 1. The van der Waals surface area contributed by atoms with E-state index in [0.717, 1.165) is 25.1 Å². The average Bonchev–Trinajstić information content (AvgIpc) is 3.43. The Kier molecular flexibility index (Phi) is 6.09. The maximum atomic E-state index is 12.8. The lowest BCUT2D eigenvalue weighted by molar-refractivity contribution is -0.122. The number of anilines is 2. The number of hydrogen-bond acceptors (Lipinski definition) is 4. The number of nitrogens with one attached hydrogen (secondary N) is 2. The highest BCUT2D eigenvalue weighted by atomic mass is 16.5. The van der Waals surface area contributed by atoms with E-state index in [1.165, 1.54) is 0 Å². The molecule has 2 aliphatic heterocycles. The van der Waals surface area contributed by atoms with Crippen molar-refractivity contribution in [2.24, 2.45) is 5.92 Å². The molecule has 0 spiro atoms. The molecule has 0 aliphatic carbocycles. The maximum Gasteiger partial charge on any atom is 0.253 e. The SMILES string of the molecule is O=C(NCC1CCCO1)c1ccccc1NC(=O)C1CC(=O)N(c2ccccc2)C1. The van der Waals surface area contributed by atoms with Crippen molar-refractivity contribution in [1.29, 1.82) is 0 Å². The maximum absolute atomic E-state index is 12.8. The number of nitrogens with zero attached hydrogens (tertiary/aromatic N) is 1. The summed E-state index contributed by atoms with van der Waals surface area (Å²) in [6.45, 7) is 1.50. The molecule has 0 radical (unpaired) electrons. The number of benzene rings is 2. The molecule has 30 heavy (non-hydrogen) atoms. The van der Waals surface area contributed by atoms with E-state index in [1.807, 2.05) is 30.3 Å². The fourth-order valence-electron chi connectivity index (χ4n) is 3.87. The third kappa shape index (κ3) is 4.52. The Balaban J connectivity index is 1.40. The Bertz CT molecular complexity index is 925. The number of carbonyl (C=O) groups excluding carboxylic acids is 3. The first-order valence-corrected chi connectivity index (χ1v) is 10.3. The van der Waals surface area contributed by atoms with E-state index in [4.69, 9.17) is 4.74 Å². The van der Waals surface area contributed by atoms with Gasteiger partial charge < -0.3 is 20.3 Å².